The maximum absolute atomic E-state index is 12.5. The molecule has 3 aromatic rings. The monoisotopic (exact) mass is 589 g/mol. The number of rotatable bonds is 10. The summed E-state index contributed by atoms with van der Waals surface area (Å²) in [4.78, 5) is 24.8. The highest BCUT2D eigenvalue weighted by Gasteiger charge is 2.63. The van der Waals surface area contributed by atoms with Crippen LogP contribution < -0.4 is 15.9 Å². The zero-order valence-electron chi connectivity index (χ0n) is 23.4. The number of nitrogens with zero attached hydrogens (tertiary/aromatic N) is 4. The van der Waals surface area contributed by atoms with E-state index in [9.17, 15) is 9.36 Å². The van der Waals surface area contributed by atoms with E-state index in [2.05, 4.69) is 15.0 Å². The number of fused-ring (bicyclic) bond motifs is 2. The lowest BCUT2D eigenvalue weighted by Gasteiger charge is -2.29. The SMILES string of the molecule is COc1nc(N)nc2c1ncn2[C@@H]1O[C@H](CO[PH](=O)OCCC(=O)OC(C)(C)C)[C@H]2OB(c3ccccc3)O[C@]21C. The zero-order chi connectivity index (χ0) is 29.4. The number of anilines is 1. The molecular weight excluding hydrogens is 556 g/mol. The number of hydrogen-bond donors (Lipinski definition) is 1. The predicted octanol–water partition coefficient (Wildman–Crippen LogP) is 2.04. The molecule has 2 aromatic heterocycles. The van der Waals surface area contributed by atoms with E-state index in [0.717, 1.165) is 5.46 Å². The van der Waals surface area contributed by atoms with Crippen molar-refractivity contribution in [3.05, 3.63) is 36.7 Å². The van der Waals surface area contributed by atoms with Gasteiger partial charge in [0, 0.05) is 0 Å². The Bertz CT molecular complexity index is 1420. The fourth-order valence-electron chi connectivity index (χ4n) is 4.87. The molecule has 4 heterocycles. The van der Waals surface area contributed by atoms with Crippen molar-refractivity contribution < 1.29 is 41.9 Å². The number of nitrogens with two attached hydrogens (primary N) is 1. The van der Waals surface area contributed by atoms with Crippen molar-refractivity contribution in [2.24, 2.45) is 0 Å². The van der Waals surface area contributed by atoms with Gasteiger partial charge in [-0.05, 0) is 33.2 Å². The summed E-state index contributed by atoms with van der Waals surface area (Å²) in [6, 6.07) is 9.49. The van der Waals surface area contributed by atoms with Crippen LogP contribution in [0.3, 0.4) is 0 Å². The third-order valence-electron chi connectivity index (χ3n) is 6.56. The molecule has 2 aliphatic heterocycles. The number of ether oxygens (including phenoxy) is 3. The van der Waals surface area contributed by atoms with Crippen LogP contribution in [0.15, 0.2) is 36.7 Å². The van der Waals surface area contributed by atoms with Crippen LogP contribution in [0.2, 0.25) is 0 Å². The van der Waals surface area contributed by atoms with Crippen LogP contribution in [0.5, 0.6) is 5.88 Å². The van der Waals surface area contributed by atoms with E-state index in [1.165, 1.54) is 7.11 Å². The number of methoxy groups -OCH3 is 1. The van der Waals surface area contributed by atoms with Gasteiger partial charge in [-0.3, -0.25) is 13.9 Å². The number of imidazole rings is 1. The lowest BCUT2D eigenvalue weighted by Crippen LogP contribution is -2.42. The first-order valence-corrected chi connectivity index (χ1v) is 14.3. The molecule has 5 rings (SSSR count). The maximum atomic E-state index is 12.5. The number of hydrogen-bond acceptors (Lipinski definition) is 13. The van der Waals surface area contributed by atoms with E-state index >= 15 is 0 Å². The minimum absolute atomic E-state index is 0.00330. The molecule has 5 atom stereocenters. The van der Waals surface area contributed by atoms with Crippen LogP contribution in [0.4, 0.5) is 5.95 Å². The second kappa shape index (κ2) is 11.7. The number of nitrogen functional groups attached to an aromatic ring is 1. The second-order valence-corrected chi connectivity index (χ2v) is 11.9. The Balaban J connectivity index is 1.33. The van der Waals surface area contributed by atoms with Gasteiger partial charge in [0.25, 0.3) is 0 Å². The van der Waals surface area contributed by atoms with Crippen LogP contribution in [0.1, 0.15) is 40.3 Å². The van der Waals surface area contributed by atoms with Gasteiger partial charge in [0.15, 0.2) is 17.4 Å². The Morgan fingerprint density at radius 2 is 1.98 bits per heavy atom. The summed E-state index contributed by atoms with van der Waals surface area (Å²) in [7, 11) is -2.18. The van der Waals surface area contributed by atoms with Crippen molar-refractivity contribution >= 4 is 43.9 Å². The van der Waals surface area contributed by atoms with Gasteiger partial charge in [-0.25, -0.2) is 4.98 Å². The molecule has 2 fully saturated rings. The molecule has 2 saturated heterocycles. The number of benzene rings is 1. The fourth-order valence-corrected chi connectivity index (χ4v) is 5.52. The van der Waals surface area contributed by atoms with E-state index in [0.29, 0.717) is 11.2 Å². The van der Waals surface area contributed by atoms with Crippen LogP contribution in [-0.2, 0) is 37.2 Å². The summed E-state index contributed by atoms with van der Waals surface area (Å²) < 4.78 is 54.8. The third-order valence-corrected chi connectivity index (χ3v) is 7.41. The summed E-state index contributed by atoms with van der Waals surface area (Å²) in [6.45, 7) is 6.92. The summed E-state index contributed by atoms with van der Waals surface area (Å²) in [5.41, 5.74) is 5.87. The summed E-state index contributed by atoms with van der Waals surface area (Å²) >= 11 is 0. The minimum Gasteiger partial charge on any atom is -0.479 e. The quantitative estimate of drug-likeness (QED) is 0.207. The highest BCUT2D eigenvalue weighted by Crippen LogP contribution is 2.48. The molecule has 16 heteroatoms. The molecule has 2 aliphatic rings. The van der Waals surface area contributed by atoms with Crippen LogP contribution in [-0.4, -0.2) is 76.3 Å². The molecule has 0 aliphatic carbocycles. The van der Waals surface area contributed by atoms with E-state index in [4.69, 9.17) is 38.3 Å². The summed E-state index contributed by atoms with van der Waals surface area (Å²) in [5.74, 6) is -0.232. The number of aromatic nitrogens is 4. The first-order chi connectivity index (χ1) is 19.5. The molecule has 0 radical (unpaired) electrons. The highest BCUT2D eigenvalue weighted by molar-refractivity contribution is 7.33. The molecule has 1 aromatic carbocycles. The van der Waals surface area contributed by atoms with Crippen molar-refractivity contribution in [1.82, 2.24) is 19.5 Å². The molecule has 220 valence electrons. The minimum atomic E-state index is -2.95. The van der Waals surface area contributed by atoms with Gasteiger partial charge in [0.2, 0.25) is 11.8 Å². The second-order valence-electron chi connectivity index (χ2n) is 10.8. The molecule has 0 saturated carbocycles. The lowest BCUT2D eigenvalue weighted by molar-refractivity contribution is -0.155. The van der Waals surface area contributed by atoms with Gasteiger partial charge in [-0.15, -0.1) is 0 Å². The van der Waals surface area contributed by atoms with Gasteiger partial charge >= 0.3 is 21.3 Å². The van der Waals surface area contributed by atoms with Crippen LogP contribution in [0, 0.1) is 0 Å². The number of carbonyl (C=O) groups is 1. The van der Waals surface area contributed by atoms with E-state index in [1.54, 1.807) is 31.7 Å². The molecule has 41 heavy (non-hydrogen) atoms. The predicted molar refractivity (Wildman–Crippen MR) is 148 cm³/mol. The van der Waals surface area contributed by atoms with E-state index < -0.39 is 51.0 Å². The third kappa shape index (κ3) is 6.25. The van der Waals surface area contributed by atoms with Crippen LogP contribution >= 0.6 is 8.25 Å². The Morgan fingerprint density at radius 1 is 1.22 bits per heavy atom. The molecular formula is C25H33BN5O9P. The molecule has 0 amide bonds. The topological polar surface area (TPSA) is 168 Å². The standard InChI is InChI=1S/C25H33BN5O9P/c1-24(2,3)38-17(32)11-12-35-41(33)36-13-16-19-25(4,40-26(39-19)15-9-7-6-8-10-15)22(37-16)31-14-28-18-20(31)29-23(27)30-21(18)34-5/h6-10,14,16,19,22,41H,11-13H2,1-5H3,(H2,27,29,30)/t16-,19-,22-,25-/m1/s1. The number of esters is 1. The molecule has 2 N–H and O–H groups in total. The van der Waals surface area contributed by atoms with E-state index in [-0.39, 0.29) is 31.5 Å². The van der Waals surface area contributed by atoms with Crippen molar-refractivity contribution in [2.75, 3.05) is 26.1 Å². The van der Waals surface area contributed by atoms with E-state index in [1.807, 2.05) is 37.3 Å². The Hall–Kier alpha value is -3.07. The lowest BCUT2D eigenvalue weighted by atomic mass is 9.79. The average Bonchev–Trinajstić information content (AvgIpc) is 3.56. The van der Waals surface area contributed by atoms with Crippen molar-refractivity contribution in [3.8, 4) is 5.88 Å². The number of carbonyl (C=O) groups excluding carboxylic acids is 1. The molecule has 0 spiro atoms. The molecule has 1 unspecified atom stereocenters. The van der Waals surface area contributed by atoms with Gasteiger partial charge < -0.3 is 38.3 Å². The van der Waals surface area contributed by atoms with Gasteiger partial charge in [0.05, 0.1) is 33.1 Å². The molecule has 0 bridgehead atoms. The Kier molecular flexibility index (Phi) is 8.37. The maximum Gasteiger partial charge on any atom is 0.494 e. The zero-order valence-corrected chi connectivity index (χ0v) is 24.4. The first kappa shape index (κ1) is 29.4. The smallest absolute Gasteiger partial charge is 0.479 e. The van der Waals surface area contributed by atoms with Gasteiger partial charge in [-0.1, -0.05) is 30.3 Å². The summed E-state index contributed by atoms with van der Waals surface area (Å²) in [5, 5.41) is 0. The Labute approximate surface area is 237 Å². The highest BCUT2D eigenvalue weighted by atomic mass is 31.1. The fraction of sp³-hybridized carbons (Fsp3) is 0.520. The van der Waals surface area contributed by atoms with Crippen molar-refractivity contribution in [3.63, 3.8) is 0 Å². The van der Waals surface area contributed by atoms with Crippen molar-refractivity contribution in [1.29, 1.82) is 0 Å². The average molecular weight is 589 g/mol. The van der Waals surface area contributed by atoms with Crippen molar-refractivity contribution in [2.45, 2.75) is 63.8 Å². The van der Waals surface area contributed by atoms with Gasteiger partial charge in [0.1, 0.15) is 23.4 Å². The van der Waals surface area contributed by atoms with Gasteiger partial charge in [-0.2, -0.15) is 9.97 Å². The first-order valence-electron chi connectivity index (χ1n) is 13.1. The largest absolute Gasteiger partial charge is 0.494 e. The Morgan fingerprint density at radius 3 is 2.68 bits per heavy atom. The summed E-state index contributed by atoms with van der Waals surface area (Å²) in [6.07, 6.45) is -0.639. The normalized spacial score (nSPS) is 24.9. The molecule has 14 nitrogen and oxygen atoms in total. The van der Waals surface area contributed by atoms with Crippen LogP contribution in [0.25, 0.3) is 11.2 Å².